The van der Waals surface area contributed by atoms with Gasteiger partial charge in [-0.15, -0.1) is 0 Å². The van der Waals surface area contributed by atoms with Crippen LogP contribution in [0.4, 0.5) is 8.78 Å². The van der Waals surface area contributed by atoms with Crippen LogP contribution in [0.5, 0.6) is 0 Å². The number of carbonyl (C=O) groups excluding carboxylic acids is 2. The Balaban J connectivity index is 1.59. The lowest BCUT2D eigenvalue weighted by atomic mass is 9.92. The van der Waals surface area contributed by atoms with Crippen LogP contribution >= 0.6 is 0 Å². The first-order chi connectivity index (χ1) is 12.8. The Bertz CT molecular complexity index is 754. The molecule has 2 amide bonds. The minimum atomic E-state index is -1.18. The highest BCUT2D eigenvalue weighted by Gasteiger charge is 2.44. The van der Waals surface area contributed by atoms with Crippen molar-refractivity contribution in [2.45, 2.75) is 44.1 Å². The van der Waals surface area contributed by atoms with E-state index in [1.165, 1.54) is 4.90 Å². The van der Waals surface area contributed by atoms with E-state index in [-0.39, 0.29) is 30.5 Å². The standard InChI is InChI=1S/C19H22F2N2O4/c20-13-3-4-14(15(21)11-13)17(25)23-9-5-12(6-10-23)16(24)22-19(18(26)27)7-1-2-8-19/h3-4,11-12H,1-2,5-10H2,(H,22,24)(H,26,27). The number of piperidine rings is 1. The smallest absolute Gasteiger partial charge is 0.329 e. The van der Waals surface area contributed by atoms with Crippen LogP contribution in [0.3, 0.4) is 0 Å². The van der Waals surface area contributed by atoms with Crippen molar-refractivity contribution in [2.24, 2.45) is 5.92 Å². The lowest BCUT2D eigenvalue weighted by molar-refractivity contribution is -0.148. The summed E-state index contributed by atoms with van der Waals surface area (Å²) in [7, 11) is 0. The molecule has 1 aliphatic heterocycles. The quantitative estimate of drug-likeness (QED) is 0.839. The van der Waals surface area contributed by atoms with Gasteiger partial charge in [0, 0.05) is 25.1 Å². The first-order valence-corrected chi connectivity index (χ1v) is 9.12. The SMILES string of the molecule is O=C(NC1(C(=O)O)CCCC1)C1CCN(C(=O)c2ccc(F)cc2F)CC1. The molecule has 3 rings (SSSR count). The van der Waals surface area contributed by atoms with Gasteiger partial charge in [-0.3, -0.25) is 9.59 Å². The van der Waals surface area contributed by atoms with E-state index in [0.29, 0.717) is 31.7 Å². The van der Waals surface area contributed by atoms with Crippen LogP contribution < -0.4 is 5.32 Å². The molecule has 27 heavy (non-hydrogen) atoms. The van der Waals surface area contributed by atoms with Crippen molar-refractivity contribution < 1.29 is 28.3 Å². The van der Waals surface area contributed by atoms with Crippen molar-refractivity contribution in [3.63, 3.8) is 0 Å². The molecule has 1 heterocycles. The molecule has 6 nitrogen and oxygen atoms in total. The minimum absolute atomic E-state index is 0.199. The van der Waals surface area contributed by atoms with Crippen LogP contribution in [0.25, 0.3) is 0 Å². The molecule has 146 valence electrons. The van der Waals surface area contributed by atoms with Gasteiger partial charge >= 0.3 is 5.97 Å². The number of hydrogen-bond donors (Lipinski definition) is 2. The summed E-state index contributed by atoms with van der Waals surface area (Å²) >= 11 is 0. The number of aliphatic carboxylic acids is 1. The van der Waals surface area contributed by atoms with Crippen molar-refractivity contribution in [1.29, 1.82) is 0 Å². The number of likely N-dealkylation sites (tertiary alicyclic amines) is 1. The molecule has 0 spiro atoms. The number of carboxylic acid groups (broad SMARTS) is 1. The van der Waals surface area contributed by atoms with Gasteiger partial charge in [-0.05, 0) is 37.8 Å². The Hall–Kier alpha value is -2.51. The van der Waals surface area contributed by atoms with Crippen molar-refractivity contribution in [2.75, 3.05) is 13.1 Å². The van der Waals surface area contributed by atoms with Gasteiger partial charge in [-0.1, -0.05) is 12.8 Å². The van der Waals surface area contributed by atoms with Gasteiger partial charge in [-0.25, -0.2) is 13.6 Å². The number of benzene rings is 1. The summed E-state index contributed by atoms with van der Waals surface area (Å²) in [6.45, 7) is 0.515. The third kappa shape index (κ3) is 3.94. The molecule has 2 fully saturated rings. The van der Waals surface area contributed by atoms with Gasteiger partial charge in [0.15, 0.2) is 0 Å². The predicted molar refractivity (Wildman–Crippen MR) is 92.0 cm³/mol. The lowest BCUT2D eigenvalue weighted by Crippen LogP contribution is -2.55. The average molecular weight is 380 g/mol. The van der Waals surface area contributed by atoms with Crippen LogP contribution in [0, 0.1) is 17.6 Å². The third-order valence-corrected chi connectivity index (χ3v) is 5.54. The van der Waals surface area contributed by atoms with Gasteiger partial charge in [0.2, 0.25) is 5.91 Å². The zero-order valence-electron chi connectivity index (χ0n) is 14.8. The van der Waals surface area contributed by atoms with Gasteiger partial charge in [0.1, 0.15) is 17.2 Å². The maximum atomic E-state index is 13.8. The van der Waals surface area contributed by atoms with Crippen LogP contribution in [-0.2, 0) is 9.59 Å². The minimum Gasteiger partial charge on any atom is -0.480 e. The van der Waals surface area contributed by atoms with Crippen molar-refractivity contribution >= 4 is 17.8 Å². The third-order valence-electron chi connectivity index (χ3n) is 5.54. The van der Waals surface area contributed by atoms with Crippen molar-refractivity contribution in [3.8, 4) is 0 Å². The number of carboxylic acids is 1. The molecule has 0 unspecified atom stereocenters. The first kappa shape index (κ1) is 19.3. The van der Waals surface area contributed by atoms with Gasteiger partial charge in [0.25, 0.3) is 5.91 Å². The molecule has 1 aromatic rings. The molecular formula is C19H22F2N2O4. The van der Waals surface area contributed by atoms with Crippen molar-refractivity contribution in [3.05, 3.63) is 35.4 Å². The Morgan fingerprint density at radius 3 is 2.30 bits per heavy atom. The van der Waals surface area contributed by atoms with Crippen LogP contribution in [0.2, 0.25) is 0 Å². The van der Waals surface area contributed by atoms with E-state index in [0.717, 1.165) is 25.0 Å². The van der Waals surface area contributed by atoms with E-state index in [1.807, 2.05) is 0 Å². The monoisotopic (exact) mass is 380 g/mol. The van der Waals surface area contributed by atoms with Gasteiger partial charge < -0.3 is 15.3 Å². The van der Waals surface area contributed by atoms with E-state index in [1.54, 1.807) is 0 Å². The fourth-order valence-corrected chi connectivity index (χ4v) is 3.89. The van der Waals surface area contributed by atoms with E-state index < -0.39 is 29.0 Å². The largest absolute Gasteiger partial charge is 0.480 e. The highest BCUT2D eigenvalue weighted by Crippen LogP contribution is 2.31. The highest BCUT2D eigenvalue weighted by molar-refractivity contribution is 5.95. The maximum absolute atomic E-state index is 13.8. The average Bonchev–Trinajstić information content (AvgIpc) is 3.11. The fraction of sp³-hybridized carbons (Fsp3) is 0.526. The molecule has 0 atom stereocenters. The second-order valence-corrected chi connectivity index (χ2v) is 7.27. The van der Waals surface area contributed by atoms with E-state index >= 15 is 0 Å². The molecule has 1 aromatic carbocycles. The number of nitrogens with one attached hydrogen (secondary N) is 1. The highest BCUT2D eigenvalue weighted by atomic mass is 19.1. The summed E-state index contributed by atoms with van der Waals surface area (Å²) in [6.07, 6.45) is 3.13. The number of amides is 2. The van der Waals surface area contributed by atoms with Gasteiger partial charge in [0.05, 0.1) is 5.56 Å². The Labute approximate surface area is 155 Å². The number of rotatable bonds is 4. The number of halogens is 2. The Morgan fingerprint density at radius 2 is 1.74 bits per heavy atom. The van der Waals surface area contributed by atoms with Crippen LogP contribution in [0.15, 0.2) is 18.2 Å². The molecular weight excluding hydrogens is 358 g/mol. The molecule has 2 aliphatic rings. The second-order valence-electron chi connectivity index (χ2n) is 7.27. The molecule has 2 N–H and O–H groups in total. The summed E-state index contributed by atoms with van der Waals surface area (Å²) in [5, 5.41) is 12.2. The first-order valence-electron chi connectivity index (χ1n) is 9.12. The maximum Gasteiger partial charge on any atom is 0.329 e. The molecule has 0 bridgehead atoms. The number of carbonyl (C=O) groups is 3. The zero-order chi connectivity index (χ0) is 19.6. The number of nitrogens with zero attached hydrogens (tertiary/aromatic N) is 1. The summed E-state index contributed by atoms with van der Waals surface area (Å²) in [5.41, 5.74) is -1.38. The van der Waals surface area contributed by atoms with Crippen LogP contribution in [0.1, 0.15) is 48.9 Å². The topological polar surface area (TPSA) is 86.7 Å². The normalized spacial score (nSPS) is 19.7. The Morgan fingerprint density at radius 1 is 1.11 bits per heavy atom. The summed E-state index contributed by atoms with van der Waals surface area (Å²) < 4.78 is 26.8. The summed E-state index contributed by atoms with van der Waals surface area (Å²) in [4.78, 5) is 37.9. The van der Waals surface area contributed by atoms with Crippen molar-refractivity contribution in [1.82, 2.24) is 10.2 Å². The zero-order valence-corrected chi connectivity index (χ0v) is 14.8. The molecule has 0 radical (unpaired) electrons. The van der Waals surface area contributed by atoms with E-state index in [4.69, 9.17) is 0 Å². The fourth-order valence-electron chi connectivity index (χ4n) is 3.89. The number of hydrogen-bond acceptors (Lipinski definition) is 3. The van der Waals surface area contributed by atoms with Crippen LogP contribution in [-0.4, -0.2) is 46.4 Å². The van der Waals surface area contributed by atoms with Gasteiger partial charge in [-0.2, -0.15) is 0 Å². The predicted octanol–water partition coefficient (Wildman–Crippen LogP) is 2.33. The molecule has 8 heteroatoms. The Kier molecular flexibility index (Phi) is 5.43. The van der Waals surface area contributed by atoms with E-state index in [2.05, 4.69) is 5.32 Å². The summed E-state index contributed by atoms with van der Waals surface area (Å²) in [6, 6.07) is 2.81. The molecule has 0 aromatic heterocycles. The lowest BCUT2D eigenvalue weighted by Gasteiger charge is -2.33. The molecule has 1 saturated carbocycles. The van der Waals surface area contributed by atoms with E-state index in [9.17, 15) is 28.3 Å². The molecule has 1 saturated heterocycles. The summed E-state index contributed by atoms with van der Waals surface area (Å²) in [5.74, 6) is -3.90. The molecule has 1 aliphatic carbocycles. The second kappa shape index (κ2) is 7.62.